The summed E-state index contributed by atoms with van der Waals surface area (Å²) < 4.78 is 7.20. The van der Waals surface area contributed by atoms with E-state index in [9.17, 15) is 4.79 Å². The maximum absolute atomic E-state index is 13.3. The number of aromatic nitrogens is 2. The number of carbonyl (C=O) groups excluding carboxylic acids is 1. The van der Waals surface area contributed by atoms with Gasteiger partial charge in [-0.15, -0.1) is 0 Å². The topological polar surface area (TPSA) is 54.5 Å². The van der Waals surface area contributed by atoms with Crippen LogP contribution in [0.1, 0.15) is 44.2 Å². The van der Waals surface area contributed by atoms with Gasteiger partial charge in [0.05, 0.1) is 5.56 Å². The average molecular weight is 393 g/mol. The number of carbonyl (C=O) groups is 1. The molecule has 0 unspecified atom stereocenters. The molecule has 3 aromatic rings. The normalized spacial score (nSPS) is 13.8. The van der Waals surface area contributed by atoms with Gasteiger partial charge in [-0.05, 0) is 64.0 Å². The van der Waals surface area contributed by atoms with Crippen LogP contribution in [0.5, 0.6) is 0 Å². The van der Waals surface area contributed by atoms with Gasteiger partial charge >= 0.3 is 0 Å². The molecule has 0 aliphatic carbocycles. The Hall–Kier alpha value is -2.86. The number of fused-ring (bicyclic) bond motifs is 1. The first-order chi connectivity index (χ1) is 13.8. The van der Waals surface area contributed by atoms with E-state index in [2.05, 4.69) is 42.4 Å². The molecule has 1 aliphatic rings. The second kappa shape index (κ2) is 7.52. The first-order valence-corrected chi connectivity index (χ1v) is 10.0. The summed E-state index contributed by atoms with van der Waals surface area (Å²) >= 11 is 0. The minimum Gasteiger partial charge on any atom is -0.360 e. The van der Waals surface area contributed by atoms with E-state index < -0.39 is 0 Å². The van der Waals surface area contributed by atoms with Crippen LogP contribution in [0.25, 0.3) is 5.82 Å². The molecule has 0 fully saturated rings. The third-order valence-corrected chi connectivity index (χ3v) is 5.58. The molecule has 0 saturated carbocycles. The lowest BCUT2D eigenvalue weighted by Crippen LogP contribution is -2.36. The predicted octanol–water partition coefficient (Wildman–Crippen LogP) is 3.65. The summed E-state index contributed by atoms with van der Waals surface area (Å²) in [6.07, 6.45) is 0.892. The molecule has 1 amide bonds. The molecule has 3 heterocycles. The lowest BCUT2D eigenvalue weighted by Gasteiger charge is -2.29. The van der Waals surface area contributed by atoms with E-state index in [0.717, 1.165) is 42.2 Å². The van der Waals surface area contributed by atoms with Gasteiger partial charge in [0.1, 0.15) is 5.76 Å². The Morgan fingerprint density at radius 3 is 2.62 bits per heavy atom. The molecule has 1 aliphatic heterocycles. The lowest BCUT2D eigenvalue weighted by atomic mass is 9.96. The number of hydrogen-bond acceptors (Lipinski definition) is 4. The first kappa shape index (κ1) is 19.5. The number of hydrogen-bond donors (Lipinski definition) is 0. The molecule has 6 heteroatoms. The monoisotopic (exact) mass is 392 g/mol. The van der Waals surface area contributed by atoms with Crippen LogP contribution in [0.3, 0.4) is 0 Å². The van der Waals surface area contributed by atoms with Crippen LogP contribution in [-0.2, 0) is 19.5 Å². The molecule has 1 aromatic carbocycles. The summed E-state index contributed by atoms with van der Waals surface area (Å²) in [5.41, 5.74) is 6.53. The Morgan fingerprint density at radius 2 is 1.93 bits per heavy atom. The Kier molecular flexibility index (Phi) is 5.04. The Bertz CT molecular complexity index is 1060. The first-order valence-electron chi connectivity index (χ1n) is 10.0. The van der Waals surface area contributed by atoms with Gasteiger partial charge in [0.25, 0.3) is 5.91 Å². The summed E-state index contributed by atoms with van der Waals surface area (Å²) in [4.78, 5) is 17.4. The highest BCUT2D eigenvalue weighted by molar-refractivity contribution is 5.96. The molecule has 0 radical (unpaired) electrons. The molecule has 0 saturated heterocycles. The minimum atomic E-state index is 0.0765. The summed E-state index contributed by atoms with van der Waals surface area (Å²) in [5, 5.41) is 4.11. The molecule has 6 nitrogen and oxygen atoms in total. The van der Waals surface area contributed by atoms with Crippen molar-refractivity contribution >= 4 is 5.91 Å². The van der Waals surface area contributed by atoms with Crippen molar-refractivity contribution < 1.29 is 9.32 Å². The zero-order chi connectivity index (χ0) is 20.7. The van der Waals surface area contributed by atoms with E-state index in [1.165, 1.54) is 16.7 Å². The van der Waals surface area contributed by atoms with Gasteiger partial charge in [-0.1, -0.05) is 23.4 Å². The van der Waals surface area contributed by atoms with E-state index in [4.69, 9.17) is 4.52 Å². The second-order valence-electron chi connectivity index (χ2n) is 8.23. The second-order valence-corrected chi connectivity index (χ2v) is 8.23. The van der Waals surface area contributed by atoms with Crippen molar-refractivity contribution in [3.8, 4) is 5.82 Å². The highest BCUT2D eigenvalue weighted by Crippen LogP contribution is 2.26. The number of amides is 1. The van der Waals surface area contributed by atoms with Crippen molar-refractivity contribution in [2.75, 3.05) is 20.6 Å². The van der Waals surface area contributed by atoms with Crippen molar-refractivity contribution in [3.63, 3.8) is 0 Å². The zero-order valence-corrected chi connectivity index (χ0v) is 17.8. The third kappa shape index (κ3) is 3.72. The fourth-order valence-corrected chi connectivity index (χ4v) is 4.20. The maximum Gasteiger partial charge on any atom is 0.256 e. The van der Waals surface area contributed by atoms with E-state index in [-0.39, 0.29) is 5.91 Å². The van der Waals surface area contributed by atoms with Crippen LogP contribution in [0, 0.1) is 20.8 Å². The molecular weight excluding hydrogens is 364 g/mol. The van der Waals surface area contributed by atoms with Crippen molar-refractivity contribution in [3.05, 3.63) is 69.7 Å². The van der Waals surface area contributed by atoms with Crippen LogP contribution >= 0.6 is 0 Å². The lowest BCUT2D eigenvalue weighted by molar-refractivity contribution is 0.0734. The third-order valence-electron chi connectivity index (χ3n) is 5.58. The largest absolute Gasteiger partial charge is 0.360 e. The molecule has 0 N–H and O–H groups in total. The van der Waals surface area contributed by atoms with Crippen LogP contribution in [0.15, 0.2) is 34.9 Å². The van der Waals surface area contributed by atoms with E-state index >= 15 is 0 Å². The van der Waals surface area contributed by atoms with Gasteiger partial charge in [-0.25, -0.2) is 0 Å². The maximum atomic E-state index is 13.3. The van der Waals surface area contributed by atoms with Gasteiger partial charge in [0.15, 0.2) is 5.82 Å². The Balaban J connectivity index is 1.57. The predicted molar refractivity (Wildman–Crippen MR) is 112 cm³/mol. The number of aryl methyl sites for hydroxylation is 2. The molecule has 29 heavy (non-hydrogen) atoms. The fraction of sp³-hybridized carbons (Fsp3) is 0.391. The SMILES string of the molecule is Cc1cc(-n2c(C)cc(C(=O)N3CCc4cc(CN(C)C)ccc4C3)c2C)no1. The molecule has 4 rings (SSSR count). The standard InChI is InChI=1S/C23H28N4O2/c1-15-10-21(17(3)27(15)22-11-16(2)29-24-22)23(28)26-9-8-19-12-18(13-25(4)5)6-7-20(19)14-26/h6-7,10-12H,8-9,13-14H2,1-5H3. The summed E-state index contributed by atoms with van der Waals surface area (Å²) in [5.74, 6) is 1.54. The van der Waals surface area contributed by atoms with Crippen molar-refractivity contribution in [1.82, 2.24) is 19.5 Å². The number of benzene rings is 1. The Labute approximate surface area is 171 Å². The van der Waals surface area contributed by atoms with E-state index in [1.807, 2.05) is 42.4 Å². The Morgan fingerprint density at radius 1 is 1.14 bits per heavy atom. The van der Waals surface area contributed by atoms with Crippen LogP contribution in [-0.4, -0.2) is 46.1 Å². The summed E-state index contributed by atoms with van der Waals surface area (Å²) in [6, 6.07) is 10.5. The van der Waals surface area contributed by atoms with Crippen molar-refractivity contribution in [1.29, 1.82) is 0 Å². The van der Waals surface area contributed by atoms with Crippen molar-refractivity contribution in [2.45, 2.75) is 40.3 Å². The highest BCUT2D eigenvalue weighted by atomic mass is 16.5. The quantitative estimate of drug-likeness (QED) is 0.680. The van der Waals surface area contributed by atoms with Crippen LogP contribution < -0.4 is 0 Å². The number of nitrogens with zero attached hydrogens (tertiary/aromatic N) is 4. The molecule has 0 bridgehead atoms. The number of rotatable bonds is 4. The fourth-order valence-electron chi connectivity index (χ4n) is 4.20. The van der Waals surface area contributed by atoms with Gasteiger partial charge in [0.2, 0.25) is 0 Å². The molecule has 0 atom stereocenters. The van der Waals surface area contributed by atoms with Crippen LogP contribution in [0.4, 0.5) is 0 Å². The summed E-state index contributed by atoms with van der Waals surface area (Å²) in [6.45, 7) is 8.16. The van der Waals surface area contributed by atoms with Crippen LogP contribution in [0.2, 0.25) is 0 Å². The summed E-state index contributed by atoms with van der Waals surface area (Å²) in [7, 11) is 4.16. The molecule has 2 aromatic heterocycles. The zero-order valence-electron chi connectivity index (χ0n) is 17.8. The molecule has 152 valence electrons. The van der Waals surface area contributed by atoms with Gasteiger partial charge in [0, 0.05) is 37.1 Å². The smallest absolute Gasteiger partial charge is 0.256 e. The average Bonchev–Trinajstić information content (AvgIpc) is 3.22. The van der Waals surface area contributed by atoms with Gasteiger partial charge < -0.3 is 14.3 Å². The van der Waals surface area contributed by atoms with Gasteiger partial charge in [-0.3, -0.25) is 9.36 Å². The minimum absolute atomic E-state index is 0.0765. The molecule has 0 spiro atoms. The van der Waals surface area contributed by atoms with E-state index in [1.54, 1.807) is 0 Å². The van der Waals surface area contributed by atoms with E-state index in [0.29, 0.717) is 12.4 Å². The van der Waals surface area contributed by atoms with Crippen molar-refractivity contribution in [2.24, 2.45) is 0 Å². The van der Waals surface area contributed by atoms with Gasteiger partial charge in [-0.2, -0.15) is 0 Å². The highest BCUT2D eigenvalue weighted by Gasteiger charge is 2.26. The molecular formula is C23H28N4O2.